The fourth-order valence-corrected chi connectivity index (χ4v) is 3.34. The Balaban J connectivity index is 1.53. The van der Waals surface area contributed by atoms with E-state index >= 15 is 0 Å². The predicted molar refractivity (Wildman–Crippen MR) is 116 cm³/mol. The van der Waals surface area contributed by atoms with Gasteiger partial charge in [-0.15, -0.1) is 0 Å². The van der Waals surface area contributed by atoms with E-state index in [1.54, 1.807) is 6.20 Å². The summed E-state index contributed by atoms with van der Waals surface area (Å²) in [5.41, 5.74) is 1.36. The third-order valence-electron chi connectivity index (χ3n) is 4.79. The maximum atomic E-state index is 12.3. The minimum Gasteiger partial charge on any atom is -0.355 e. The Bertz CT molecular complexity index is 808. The van der Waals surface area contributed by atoms with Gasteiger partial charge in [-0.3, -0.25) is 4.79 Å². The number of urea groups is 1. The van der Waals surface area contributed by atoms with Crippen molar-refractivity contribution in [2.75, 3.05) is 41.7 Å². The molecule has 3 amide bonds. The number of nitrogens with zero attached hydrogens (tertiary/aromatic N) is 3. The van der Waals surface area contributed by atoms with E-state index in [0.29, 0.717) is 24.6 Å². The second-order valence-corrected chi connectivity index (χ2v) is 7.67. The monoisotopic (exact) mass is 395 g/mol. The minimum absolute atomic E-state index is 0.235. The number of aromatic nitrogens is 1. The lowest BCUT2D eigenvalue weighted by atomic mass is 10.1. The second-order valence-electron chi connectivity index (χ2n) is 7.67. The van der Waals surface area contributed by atoms with Crippen LogP contribution in [0, 0.1) is 5.92 Å². The van der Waals surface area contributed by atoms with Crippen molar-refractivity contribution >= 4 is 29.1 Å². The van der Waals surface area contributed by atoms with E-state index in [9.17, 15) is 9.59 Å². The van der Waals surface area contributed by atoms with Crippen molar-refractivity contribution in [3.05, 3.63) is 48.7 Å². The summed E-state index contributed by atoms with van der Waals surface area (Å²) >= 11 is 0. The lowest BCUT2D eigenvalue weighted by Crippen LogP contribution is -2.35. The van der Waals surface area contributed by atoms with Crippen LogP contribution in [0.2, 0.25) is 0 Å². The Hall–Kier alpha value is -3.09. The van der Waals surface area contributed by atoms with Gasteiger partial charge in [-0.2, -0.15) is 0 Å². The fourth-order valence-electron chi connectivity index (χ4n) is 3.34. The normalized spacial score (nSPS) is 14.4. The molecular weight excluding hydrogens is 366 g/mol. The summed E-state index contributed by atoms with van der Waals surface area (Å²) in [7, 11) is 0. The zero-order valence-corrected chi connectivity index (χ0v) is 17.1. The summed E-state index contributed by atoms with van der Waals surface area (Å²) in [6, 6.07) is 12.7. The highest BCUT2D eigenvalue weighted by Gasteiger charge is 2.20. The molecule has 1 aromatic heterocycles. The molecule has 0 unspecified atom stereocenters. The fraction of sp³-hybridized carbons (Fsp3) is 0.409. The lowest BCUT2D eigenvalue weighted by Gasteiger charge is -2.23. The van der Waals surface area contributed by atoms with Gasteiger partial charge in [0.1, 0.15) is 5.82 Å². The second kappa shape index (κ2) is 9.91. The van der Waals surface area contributed by atoms with Crippen LogP contribution in [0.3, 0.4) is 0 Å². The number of hydrogen-bond donors (Lipinski definition) is 2. The van der Waals surface area contributed by atoms with Crippen molar-refractivity contribution in [1.82, 2.24) is 9.88 Å². The summed E-state index contributed by atoms with van der Waals surface area (Å²) in [4.78, 5) is 33.1. The molecule has 154 valence electrons. The van der Waals surface area contributed by atoms with Crippen LogP contribution in [0.25, 0.3) is 0 Å². The van der Waals surface area contributed by atoms with Gasteiger partial charge >= 0.3 is 6.03 Å². The molecule has 0 atom stereocenters. The first-order valence-corrected chi connectivity index (χ1v) is 10.1. The highest BCUT2D eigenvalue weighted by molar-refractivity contribution is 5.99. The molecule has 0 spiro atoms. The number of carbonyl (C=O) groups excluding carboxylic acids is 2. The van der Waals surface area contributed by atoms with Crippen LogP contribution in [0.4, 0.5) is 22.0 Å². The molecule has 2 heterocycles. The van der Waals surface area contributed by atoms with Crippen LogP contribution in [0.1, 0.15) is 26.7 Å². The number of para-hydroxylation sites is 1. The smallest absolute Gasteiger partial charge is 0.323 e. The maximum Gasteiger partial charge on any atom is 0.323 e. The molecule has 2 aromatic rings. The largest absolute Gasteiger partial charge is 0.355 e. The summed E-state index contributed by atoms with van der Waals surface area (Å²) in [5.74, 6) is 1.47. The first-order valence-electron chi connectivity index (χ1n) is 10.1. The molecule has 2 N–H and O–H groups in total. The van der Waals surface area contributed by atoms with Crippen LogP contribution in [0.15, 0.2) is 48.7 Å². The zero-order valence-electron chi connectivity index (χ0n) is 17.1. The van der Waals surface area contributed by atoms with E-state index < -0.39 is 0 Å². The first kappa shape index (κ1) is 20.6. The van der Waals surface area contributed by atoms with Gasteiger partial charge in [0.15, 0.2) is 0 Å². The van der Waals surface area contributed by atoms with E-state index in [-0.39, 0.29) is 11.9 Å². The number of amides is 3. The summed E-state index contributed by atoms with van der Waals surface area (Å²) < 4.78 is 0. The number of pyridine rings is 1. The Labute approximate surface area is 172 Å². The third kappa shape index (κ3) is 6.20. The van der Waals surface area contributed by atoms with E-state index in [4.69, 9.17) is 0 Å². The Morgan fingerprint density at radius 2 is 1.72 bits per heavy atom. The van der Waals surface area contributed by atoms with Crippen LogP contribution in [-0.4, -0.2) is 48.0 Å². The van der Waals surface area contributed by atoms with Gasteiger partial charge in [0.25, 0.3) is 0 Å². The highest BCUT2D eigenvalue weighted by atomic mass is 16.2. The number of anilines is 3. The van der Waals surface area contributed by atoms with Crippen LogP contribution >= 0.6 is 0 Å². The van der Waals surface area contributed by atoms with Crippen molar-refractivity contribution in [3.63, 3.8) is 0 Å². The Morgan fingerprint density at radius 3 is 2.41 bits per heavy atom. The van der Waals surface area contributed by atoms with Gasteiger partial charge in [-0.25, -0.2) is 9.78 Å². The average Bonchev–Trinajstić information content (AvgIpc) is 2.95. The van der Waals surface area contributed by atoms with E-state index in [2.05, 4.69) is 34.4 Å². The van der Waals surface area contributed by atoms with Gasteiger partial charge in [0, 0.05) is 38.3 Å². The molecule has 0 aliphatic carbocycles. The topological polar surface area (TPSA) is 77.6 Å². The molecule has 1 fully saturated rings. The third-order valence-corrected chi connectivity index (χ3v) is 4.79. The number of hydrogen-bond acceptors (Lipinski definition) is 4. The quantitative estimate of drug-likeness (QED) is 0.807. The van der Waals surface area contributed by atoms with Crippen molar-refractivity contribution in [2.45, 2.75) is 26.7 Å². The highest BCUT2D eigenvalue weighted by Crippen LogP contribution is 2.17. The van der Waals surface area contributed by atoms with Crippen LogP contribution < -0.4 is 15.5 Å². The SMILES string of the molecule is CC(C)CC(=O)N1CCCN(c2ccc(NC(=O)Nc3ccccc3)cn2)CC1. The van der Waals surface area contributed by atoms with Gasteiger partial charge in [-0.05, 0) is 36.6 Å². The Kier molecular flexibility index (Phi) is 7.05. The van der Waals surface area contributed by atoms with Gasteiger partial charge in [0.05, 0.1) is 11.9 Å². The van der Waals surface area contributed by atoms with Crippen molar-refractivity contribution in [1.29, 1.82) is 0 Å². The summed E-state index contributed by atoms with van der Waals surface area (Å²) in [6.45, 7) is 7.27. The van der Waals surface area contributed by atoms with E-state index in [0.717, 1.165) is 37.6 Å². The minimum atomic E-state index is -0.306. The van der Waals surface area contributed by atoms with Crippen molar-refractivity contribution in [2.24, 2.45) is 5.92 Å². The number of carbonyl (C=O) groups is 2. The maximum absolute atomic E-state index is 12.3. The molecule has 1 aromatic carbocycles. The summed E-state index contributed by atoms with van der Waals surface area (Å²) in [5, 5.41) is 5.57. The van der Waals surface area contributed by atoms with Gasteiger partial charge in [-0.1, -0.05) is 32.0 Å². The molecule has 0 saturated carbocycles. The van der Waals surface area contributed by atoms with Crippen LogP contribution in [0.5, 0.6) is 0 Å². The molecule has 0 radical (unpaired) electrons. The molecule has 7 heteroatoms. The first-order chi connectivity index (χ1) is 14.0. The molecule has 0 bridgehead atoms. The number of nitrogens with one attached hydrogen (secondary N) is 2. The van der Waals surface area contributed by atoms with Gasteiger partial charge in [0.2, 0.25) is 5.91 Å². The van der Waals surface area contributed by atoms with Crippen molar-refractivity contribution in [3.8, 4) is 0 Å². The summed E-state index contributed by atoms with van der Waals surface area (Å²) in [6.07, 6.45) is 3.18. The van der Waals surface area contributed by atoms with Gasteiger partial charge < -0.3 is 20.4 Å². The number of benzene rings is 1. The lowest BCUT2D eigenvalue weighted by molar-refractivity contribution is -0.131. The molecule has 7 nitrogen and oxygen atoms in total. The molecule has 1 aliphatic rings. The molecule has 1 aliphatic heterocycles. The zero-order chi connectivity index (χ0) is 20.6. The predicted octanol–water partition coefficient (Wildman–Crippen LogP) is 3.81. The molecule has 1 saturated heterocycles. The average molecular weight is 396 g/mol. The Morgan fingerprint density at radius 1 is 0.966 bits per heavy atom. The van der Waals surface area contributed by atoms with Crippen LogP contribution in [-0.2, 0) is 4.79 Å². The molecule has 3 rings (SSSR count). The van der Waals surface area contributed by atoms with Crippen molar-refractivity contribution < 1.29 is 9.59 Å². The molecule has 29 heavy (non-hydrogen) atoms. The van der Waals surface area contributed by atoms with E-state index in [1.165, 1.54) is 0 Å². The number of rotatable bonds is 5. The molecular formula is C22H29N5O2. The van der Waals surface area contributed by atoms with E-state index in [1.807, 2.05) is 47.4 Å². The standard InChI is InChI=1S/C22H29N5O2/c1-17(2)15-21(28)27-12-6-11-26(13-14-27)20-10-9-19(16-23-20)25-22(29)24-18-7-4-3-5-8-18/h3-5,7-10,16-17H,6,11-15H2,1-2H3,(H2,24,25,29).